The standard InChI is InChI=1S/C25H24ClF3O2/c1-25(2,22-13-8-18(26)16-23(22)31-24(28)29)14-4-6-17-5-3-7-21(15-17)30-20-11-9-19(27)10-12-20/h3,5,7-13,15-16,24H,4,6,14H2,1-2H3. The lowest BCUT2D eigenvalue weighted by Crippen LogP contribution is -2.19. The van der Waals surface area contributed by atoms with Gasteiger partial charge in [-0.25, -0.2) is 4.39 Å². The largest absolute Gasteiger partial charge is 0.457 e. The van der Waals surface area contributed by atoms with E-state index in [4.69, 9.17) is 21.1 Å². The summed E-state index contributed by atoms with van der Waals surface area (Å²) in [6.07, 6.45) is 2.39. The molecule has 2 nitrogen and oxygen atoms in total. The highest BCUT2D eigenvalue weighted by Crippen LogP contribution is 2.38. The van der Waals surface area contributed by atoms with Crippen molar-refractivity contribution in [2.24, 2.45) is 0 Å². The van der Waals surface area contributed by atoms with Gasteiger partial charge in [0, 0.05) is 10.6 Å². The summed E-state index contributed by atoms with van der Waals surface area (Å²) < 4.78 is 49.2. The lowest BCUT2D eigenvalue weighted by atomic mass is 9.79. The number of aryl methyl sites for hydroxylation is 1. The molecule has 0 saturated carbocycles. The molecule has 0 aliphatic carbocycles. The van der Waals surface area contributed by atoms with Crippen LogP contribution in [0.25, 0.3) is 0 Å². The summed E-state index contributed by atoms with van der Waals surface area (Å²) in [7, 11) is 0. The van der Waals surface area contributed by atoms with E-state index < -0.39 is 6.61 Å². The average Bonchev–Trinajstić information content (AvgIpc) is 2.69. The van der Waals surface area contributed by atoms with Gasteiger partial charge >= 0.3 is 6.61 Å². The van der Waals surface area contributed by atoms with Crippen LogP contribution in [0, 0.1) is 5.82 Å². The molecule has 164 valence electrons. The zero-order valence-corrected chi connectivity index (χ0v) is 18.1. The van der Waals surface area contributed by atoms with Crippen LogP contribution >= 0.6 is 11.6 Å². The molecule has 3 aromatic rings. The number of hydrogen-bond donors (Lipinski definition) is 0. The number of rotatable bonds is 9. The Morgan fingerprint density at radius 1 is 0.935 bits per heavy atom. The summed E-state index contributed by atoms with van der Waals surface area (Å²) in [5, 5.41) is 0.355. The van der Waals surface area contributed by atoms with Gasteiger partial charge < -0.3 is 9.47 Å². The van der Waals surface area contributed by atoms with Crippen molar-refractivity contribution in [1.29, 1.82) is 0 Å². The molecule has 0 bridgehead atoms. The Bertz CT molecular complexity index is 1000. The van der Waals surface area contributed by atoms with Gasteiger partial charge in [-0.15, -0.1) is 0 Å². The van der Waals surface area contributed by atoms with E-state index in [2.05, 4.69) is 0 Å². The van der Waals surface area contributed by atoms with Gasteiger partial charge in [0.15, 0.2) is 0 Å². The molecular formula is C25H24ClF3O2. The summed E-state index contributed by atoms with van der Waals surface area (Å²) in [5.41, 5.74) is 1.41. The number of hydrogen-bond acceptors (Lipinski definition) is 2. The van der Waals surface area contributed by atoms with Crippen LogP contribution in [0.15, 0.2) is 66.7 Å². The predicted octanol–water partition coefficient (Wildman–Crippen LogP) is 8.17. The predicted molar refractivity (Wildman–Crippen MR) is 117 cm³/mol. The molecule has 0 heterocycles. The molecule has 3 aromatic carbocycles. The fourth-order valence-corrected chi connectivity index (χ4v) is 3.68. The number of benzene rings is 3. The molecule has 0 unspecified atom stereocenters. The van der Waals surface area contributed by atoms with Crippen LogP contribution in [0.1, 0.15) is 37.8 Å². The minimum Gasteiger partial charge on any atom is -0.457 e. The highest BCUT2D eigenvalue weighted by Gasteiger charge is 2.25. The second-order valence-corrected chi connectivity index (χ2v) is 8.40. The van der Waals surface area contributed by atoms with E-state index >= 15 is 0 Å². The highest BCUT2D eigenvalue weighted by atomic mass is 35.5. The highest BCUT2D eigenvalue weighted by molar-refractivity contribution is 6.30. The first kappa shape index (κ1) is 23.0. The molecule has 0 N–H and O–H groups in total. The molecule has 0 saturated heterocycles. The second-order valence-electron chi connectivity index (χ2n) is 7.96. The third-order valence-corrected chi connectivity index (χ3v) is 5.34. The van der Waals surface area contributed by atoms with Crippen molar-refractivity contribution in [2.75, 3.05) is 0 Å². The lowest BCUT2D eigenvalue weighted by Gasteiger charge is -2.27. The van der Waals surface area contributed by atoms with Crippen LogP contribution in [0.4, 0.5) is 13.2 Å². The monoisotopic (exact) mass is 448 g/mol. The van der Waals surface area contributed by atoms with Crippen LogP contribution in [-0.4, -0.2) is 6.61 Å². The number of alkyl halides is 2. The number of ether oxygens (including phenoxy) is 2. The van der Waals surface area contributed by atoms with E-state index in [0.717, 1.165) is 24.8 Å². The molecule has 31 heavy (non-hydrogen) atoms. The summed E-state index contributed by atoms with van der Waals surface area (Å²) in [6, 6.07) is 18.4. The summed E-state index contributed by atoms with van der Waals surface area (Å²) in [6.45, 7) is 1.10. The van der Waals surface area contributed by atoms with Gasteiger partial charge in [0.1, 0.15) is 23.1 Å². The van der Waals surface area contributed by atoms with Crippen LogP contribution in [-0.2, 0) is 11.8 Å². The van der Waals surface area contributed by atoms with Crippen LogP contribution in [0.5, 0.6) is 17.2 Å². The van der Waals surface area contributed by atoms with Crippen molar-refractivity contribution in [3.8, 4) is 17.2 Å². The van der Waals surface area contributed by atoms with Crippen molar-refractivity contribution >= 4 is 11.6 Å². The molecule has 6 heteroatoms. The van der Waals surface area contributed by atoms with Crippen molar-refractivity contribution < 1.29 is 22.6 Å². The molecule has 0 fully saturated rings. The smallest absolute Gasteiger partial charge is 0.387 e. The van der Waals surface area contributed by atoms with Crippen molar-refractivity contribution in [2.45, 2.75) is 45.1 Å². The molecule has 0 spiro atoms. The molecule has 0 aliphatic heterocycles. The fourth-order valence-electron chi connectivity index (χ4n) is 3.52. The first-order valence-corrected chi connectivity index (χ1v) is 10.4. The molecule has 0 amide bonds. The number of halogens is 4. The normalized spacial score (nSPS) is 11.6. The summed E-state index contributed by atoms with van der Waals surface area (Å²) in [4.78, 5) is 0. The van der Waals surface area contributed by atoms with Crippen LogP contribution in [0.2, 0.25) is 5.02 Å². The Balaban J connectivity index is 1.64. The van der Waals surface area contributed by atoms with E-state index in [1.54, 1.807) is 24.3 Å². The minimum absolute atomic E-state index is 0.113. The first-order valence-electron chi connectivity index (χ1n) is 10.0. The van der Waals surface area contributed by atoms with E-state index in [-0.39, 0.29) is 17.0 Å². The Morgan fingerprint density at radius 3 is 2.39 bits per heavy atom. The van der Waals surface area contributed by atoms with Gasteiger partial charge in [0.05, 0.1) is 0 Å². The van der Waals surface area contributed by atoms with Crippen LogP contribution in [0.3, 0.4) is 0 Å². The van der Waals surface area contributed by atoms with Gasteiger partial charge in [-0.05, 0) is 78.8 Å². The van der Waals surface area contributed by atoms with Crippen LogP contribution < -0.4 is 9.47 Å². The Labute approximate surface area is 185 Å². The Kier molecular flexibility index (Phi) is 7.50. The topological polar surface area (TPSA) is 18.5 Å². The molecule has 3 rings (SSSR count). The van der Waals surface area contributed by atoms with E-state index in [9.17, 15) is 13.2 Å². The first-order chi connectivity index (χ1) is 14.7. The van der Waals surface area contributed by atoms with Crippen molar-refractivity contribution in [3.05, 3.63) is 88.7 Å². The molecule has 0 aliphatic rings. The molecular weight excluding hydrogens is 425 g/mol. The third kappa shape index (κ3) is 6.66. The maximum Gasteiger partial charge on any atom is 0.387 e. The SMILES string of the molecule is CC(C)(CCCc1cccc(Oc2ccc(F)cc2)c1)c1ccc(Cl)cc1OC(F)F. The van der Waals surface area contributed by atoms with Crippen molar-refractivity contribution in [3.63, 3.8) is 0 Å². The van der Waals surface area contributed by atoms with E-state index in [0.29, 0.717) is 22.1 Å². The summed E-state index contributed by atoms with van der Waals surface area (Å²) in [5.74, 6) is 1.04. The molecule has 0 atom stereocenters. The minimum atomic E-state index is -2.91. The average molecular weight is 449 g/mol. The quantitative estimate of drug-likeness (QED) is 0.328. The van der Waals surface area contributed by atoms with Gasteiger partial charge in [0.2, 0.25) is 0 Å². The lowest BCUT2D eigenvalue weighted by molar-refractivity contribution is -0.0509. The van der Waals surface area contributed by atoms with Crippen molar-refractivity contribution in [1.82, 2.24) is 0 Å². The second kappa shape index (κ2) is 10.1. The van der Waals surface area contributed by atoms with Gasteiger partial charge in [0.25, 0.3) is 0 Å². The summed E-state index contributed by atoms with van der Waals surface area (Å²) >= 11 is 5.96. The fraction of sp³-hybridized carbons (Fsp3) is 0.280. The van der Waals surface area contributed by atoms with Gasteiger partial charge in [-0.2, -0.15) is 8.78 Å². The van der Waals surface area contributed by atoms with Gasteiger partial charge in [-0.3, -0.25) is 0 Å². The molecule has 0 radical (unpaired) electrons. The third-order valence-electron chi connectivity index (χ3n) is 5.10. The Morgan fingerprint density at radius 2 is 1.68 bits per heavy atom. The maximum absolute atomic E-state index is 13.0. The van der Waals surface area contributed by atoms with E-state index in [1.165, 1.54) is 18.2 Å². The van der Waals surface area contributed by atoms with E-state index in [1.807, 2.05) is 38.1 Å². The maximum atomic E-state index is 13.0. The zero-order chi connectivity index (χ0) is 22.4. The zero-order valence-electron chi connectivity index (χ0n) is 17.4. The van der Waals surface area contributed by atoms with Gasteiger partial charge in [-0.1, -0.05) is 43.6 Å². The molecule has 0 aromatic heterocycles. The Hall–Kier alpha value is -2.66.